The van der Waals surface area contributed by atoms with Gasteiger partial charge in [0.2, 0.25) is 11.8 Å². The second kappa shape index (κ2) is 8.51. The number of nitrogens with zero attached hydrogens (tertiary/aromatic N) is 1. The van der Waals surface area contributed by atoms with Crippen LogP contribution in [0.2, 0.25) is 0 Å². The zero-order valence-corrected chi connectivity index (χ0v) is 15.7. The van der Waals surface area contributed by atoms with Crippen LogP contribution >= 0.6 is 0 Å². The predicted molar refractivity (Wildman–Crippen MR) is 98.1 cm³/mol. The SMILES string of the molecule is N[C@@H]1CCC[C@H]1CC(=O)NC(CN1CCCC1=O)c1cccc(C(F)(F)F)c1. The first-order chi connectivity index (χ1) is 13.2. The second-order valence-corrected chi connectivity index (χ2v) is 7.75. The molecule has 1 heterocycles. The van der Waals surface area contributed by atoms with Crippen molar-refractivity contribution in [3.8, 4) is 0 Å². The lowest BCUT2D eigenvalue weighted by Gasteiger charge is -2.26. The summed E-state index contributed by atoms with van der Waals surface area (Å²) in [6.07, 6.45) is -0.308. The van der Waals surface area contributed by atoms with Gasteiger partial charge in [0, 0.05) is 32.0 Å². The summed E-state index contributed by atoms with van der Waals surface area (Å²) in [6, 6.07) is 4.23. The molecule has 1 unspecified atom stereocenters. The fourth-order valence-electron chi connectivity index (χ4n) is 4.09. The monoisotopic (exact) mass is 397 g/mol. The van der Waals surface area contributed by atoms with E-state index in [-0.39, 0.29) is 36.7 Å². The number of likely N-dealkylation sites (tertiary alicyclic amines) is 1. The summed E-state index contributed by atoms with van der Waals surface area (Å²) >= 11 is 0. The molecule has 0 aromatic heterocycles. The summed E-state index contributed by atoms with van der Waals surface area (Å²) < 4.78 is 39.3. The van der Waals surface area contributed by atoms with Crippen LogP contribution in [0.15, 0.2) is 24.3 Å². The van der Waals surface area contributed by atoms with Crippen LogP contribution in [0.3, 0.4) is 0 Å². The van der Waals surface area contributed by atoms with Gasteiger partial charge in [0.15, 0.2) is 0 Å². The lowest BCUT2D eigenvalue weighted by molar-refractivity contribution is -0.137. The van der Waals surface area contributed by atoms with Gasteiger partial charge < -0.3 is 16.0 Å². The number of hydrogen-bond donors (Lipinski definition) is 2. The number of carbonyl (C=O) groups is 2. The molecule has 3 N–H and O–H groups in total. The van der Waals surface area contributed by atoms with Gasteiger partial charge in [-0.05, 0) is 42.9 Å². The van der Waals surface area contributed by atoms with Crippen LogP contribution in [0, 0.1) is 5.92 Å². The Morgan fingerprint density at radius 3 is 2.68 bits per heavy atom. The quantitative estimate of drug-likeness (QED) is 0.775. The van der Waals surface area contributed by atoms with E-state index >= 15 is 0 Å². The molecule has 3 atom stereocenters. The Morgan fingerprint density at radius 2 is 2.07 bits per heavy atom. The molecule has 1 aromatic rings. The minimum atomic E-state index is -4.47. The largest absolute Gasteiger partial charge is 0.416 e. The normalized spacial score (nSPS) is 23.9. The number of alkyl halides is 3. The number of nitrogens with one attached hydrogen (secondary N) is 1. The van der Waals surface area contributed by atoms with Crippen molar-refractivity contribution >= 4 is 11.8 Å². The molecule has 1 aromatic carbocycles. The first-order valence-corrected chi connectivity index (χ1v) is 9.74. The van der Waals surface area contributed by atoms with E-state index in [1.165, 1.54) is 6.07 Å². The van der Waals surface area contributed by atoms with Crippen LogP contribution in [0.5, 0.6) is 0 Å². The standard InChI is InChI=1S/C20H26F3N3O2/c21-20(22,23)15-6-1-5-14(10-15)17(12-26-9-3-8-19(26)28)25-18(27)11-13-4-2-7-16(13)24/h1,5-6,10,13,16-17H,2-4,7-9,11-12,24H2,(H,25,27)/t13-,16+,17?/m0/s1. The van der Waals surface area contributed by atoms with E-state index in [0.717, 1.165) is 37.8 Å². The number of amides is 2. The average molecular weight is 397 g/mol. The van der Waals surface area contributed by atoms with Crippen LogP contribution in [0.1, 0.15) is 55.7 Å². The Morgan fingerprint density at radius 1 is 1.29 bits per heavy atom. The molecule has 1 aliphatic carbocycles. The first kappa shape index (κ1) is 20.6. The Kier molecular flexibility index (Phi) is 6.27. The highest BCUT2D eigenvalue weighted by molar-refractivity contribution is 5.79. The maximum atomic E-state index is 13.1. The average Bonchev–Trinajstić information content (AvgIpc) is 3.22. The minimum absolute atomic E-state index is 0.0158. The van der Waals surface area contributed by atoms with Gasteiger partial charge in [-0.2, -0.15) is 13.2 Å². The van der Waals surface area contributed by atoms with Crippen molar-refractivity contribution in [1.82, 2.24) is 10.2 Å². The number of nitrogens with two attached hydrogens (primary N) is 1. The van der Waals surface area contributed by atoms with E-state index in [0.29, 0.717) is 18.5 Å². The number of benzene rings is 1. The van der Waals surface area contributed by atoms with Crippen LogP contribution in [0.25, 0.3) is 0 Å². The van der Waals surface area contributed by atoms with Gasteiger partial charge in [-0.3, -0.25) is 9.59 Å². The van der Waals surface area contributed by atoms with Gasteiger partial charge in [-0.1, -0.05) is 18.6 Å². The third-order valence-corrected chi connectivity index (χ3v) is 5.69. The van der Waals surface area contributed by atoms with Gasteiger partial charge in [0.05, 0.1) is 11.6 Å². The summed E-state index contributed by atoms with van der Waals surface area (Å²) in [7, 11) is 0. The summed E-state index contributed by atoms with van der Waals surface area (Å²) in [4.78, 5) is 26.2. The van der Waals surface area contributed by atoms with E-state index in [1.807, 2.05) is 0 Å². The molecule has 2 fully saturated rings. The minimum Gasteiger partial charge on any atom is -0.347 e. The van der Waals surface area contributed by atoms with Crippen molar-refractivity contribution in [2.75, 3.05) is 13.1 Å². The predicted octanol–water partition coefficient (Wildman–Crippen LogP) is 3.00. The summed E-state index contributed by atoms with van der Waals surface area (Å²) in [5.41, 5.74) is 5.61. The topological polar surface area (TPSA) is 75.4 Å². The number of carbonyl (C=O) groups excluding carboxylic acids is 2. The molecule has 0 spiro atoms. The third kappa shape index (κ3) is 5.04. The molecular formula is C20H26F3N3O2. The smallest absolute Gasteiger partial charge is 0.347 e. The molecule has 3 rings (SSSR count). The zero-order valence-electron chi connectivity index (χ0n) is 15.7. The maximum absolute atomic E-state index is 13.1. The second-order valence-electron chi connectivity index (χ2n) is 7.75. The summed E-state index contributed by atoms with van der Waals surface area (Å²) in [5, 5.41) is 2.85. The lowest BCUT2D eigenvalue weighted by atomic mass is 9.98. The fraction of sp³-hybridized carbons (Fsp3) is 0.600. The van der Waals surface area contributed by atoms with Crippen LogP contribution in [-0.4, -0.2) is 35.8 Å². The Bertz CT molecular complexity index is 723. The van der Waals surface area contributed by atoms with E-state index < -0.39 is 17.8 Å². The van der Waals surface area contributed by atoms with Crippen LogP contribution < -0.4 is 11.1 Å². The molecule has 1 saturated heterocycles. The highest BCUT2D eigenvalue weighted by atomic mass is 19.4. The molecule has 28 heavy (non-hydrogen) atoms. The number of rotatable bonds is 6. The highest BCUT2D eigenvalue weighted by Gasteiger charge is 2.33. The van der Waals surface area contributed by atoms with Crippen molar-refractivity contribution in [1.29, 1.82) is 0 Å². The fourth-order valence-corrected chi connectivity index (χ4v) is 4.09. The molecule has 5 nitrogen and oxygen atoms in total. The molecule has 154 valence electrons. The van der Waals surface area contributed by atoms with Gasteiger partial charge in [-0.25, -0.2) is 0 Å². The number of halogens is 3. The van der Waals surface area contributed by atoms with Crippen molar-refractivity contribution in [3.05, 3.63) is 35.4 Å². The van der Waals surface area contributed by atoms with Crippen molar-refractivity contribution in [2.45, 2.75) is 56.8 Å². The molecule has 1 saturated carbocycles. The molecule has 0 radical (unpaired) electrons. The Hall–Kier alpha value is -2.09. The van der Waals surface area contributed by atoms with E-state index in [2.05, 4.69) is 5.32 Å². The number of hydrogen-bond acceptors (Lipinski definition) is 3. The van der Waals surface area contributed by atoms with Gasteiger partial charge in [0.1, 0.15) is 0 Å². The Balaban J connectivity index is 1.76. The van der Waals surface area contributed by atoms with E-state index in [9.17, 15) is 22.8 Å². The van der Waals surface area contributed by atoms with Gasteiger partial charge in [0.25, 0.3) is 0 Å². The van der Waals surface area contributed by atoms with Crippen molar-refractivity contribution in [3.63, 3.8) is 0 Å². The Labute approximate surface area is 162 Å². The highest BCUT2D eigenvalue weighted by Crippen LogP contribution is 2.32. The van der Waals surface area contributed by atoms with Gasteiger partial charge in [-0.15, -0.1) is 0 Å². The van der Waals surface area contributed by atoms with Crippen molar-refractivity contribution < 1.29 is 22.8 Å². The lowest BCUT2D eigenvalue weighted by Crippen LogP contribution is -2.40. The third-order valence-electron chi connectivity index (χ3n) is 5.69. The maximum Gasteiger partial charge on any atom is 0.416 e. The molecule has 2 aliphatic rings. The molecule has 1 aliphatic heterocycles. The van der Waals surface area contributed by atoms with E-state index in [1.54, 1.807) is 11.0 Å². The van der Waals surface area contributed by atoms with Crippen LogP contribution in [-0.2, 0) is 15.8 Å². The van der Waals surface area contributed by atoms with Crippen LogP contribution in [0.4, 0.5) is 13.2 Å². The molecule has 0 bridgehead atoms. The molecule has 2 amide bonds. The summed E-state index contributed by atoms with van der Waals surface area (Å²) in [5.74, 6) is -0.184. The van der Waals surface area contributed by atoms with Crippen molar-refractivity contribution in [2.24, 2.45) is 11.7 Å². The zero-order chi connectivity index (χ0) is 20.3. The summed E-state index contributed by atoms with van der Waals surface area (Å²) in [6.45, 7) is 0.722. The molecular weight excluding hydrogens is 371 g/mol. The van der Waals surface area contributed by atoms with E-state index in [4.69, 9.17) is 5.73 Å². The van der Waals surface area contributed by atoms with Gasteiger partial charge >= 0.3 is 6.18 Å². The molecule has 8 heteroatoms. The first-order valence-electron chi connectivity index (χ1n) is 9.74.